The zero-order chi connectivity index (χ0) is 13.3. The lowest BCUT2D eigenvalue weighted by molar-refractivity contribution is 0.102. The third kappa shape index (κ3) is 2.61. The first-order valence-corrected chi connectivity index (χ1v) is 6.83. The molecule has 2 aromatic rings. The highest BCUT2D eigenvalue weighted by Crippen LogP contribution is 2.35. The molecule has 2 aromatic carbocycles. The van der Waals surface area contributed by atoms with Gasteiger partial charge < -0.3 is 5.11 Å². The quantitative estimate of drug-likeness (QED) is 0.851. The Bertz CT molecular complexity index is 578. The van der Waals surface area contributed by atoms with Crippen LogP contribution in [0.3, 0.4) is 0 Å². The summed E-state index contributed by atoms with van der Waals surface area (Å²) in [5.74, 6) is 0. The fraction of sp³-hybridized carbons (Fsp3) is 0.200. The molecule has 0 saturated heterocycles. The Morgan fingerprint density at radius 1 is 1.17 bits per heavy atom. The summed E-state index contributed by atoms with van der Waals surface area (Å²) in [6, 6.07) is 13.3. The molecule has 1 unspecified atom stereocenters. The second kappa shape index (κ2) is 5.04. The fourth-order valence-electron chi connectivity index (χ4n) is 1.99. The van der Waals surface area contributed by atoms with Crippen molar-refractivity contribution in [2.24, 2.45) is 0 Å². The van der Waals surface area contributed by atoms with Crippen LogP contribution < -0.4 is 0 Å². The standard InChI is InChI=1S/C15H14BrClO/c1-10-4-3-5-11(8-10)15(2,18)13-7-6-12(16)9-14(13)17/h3-9,18H,1-2H3. The van der Waals surface area contributed by atoms with Gasteiger partial charge in [0, 0.05) is 15.1 Å². The van der Waals surface area contributed by atoms with Crippen LogP contribution in [0.5, 0.6) is 0 Å². The van der Waals surface area contributed by atoms with Gasteiger partial charge >= 0.3 is 0 Å². The normalized spacial score (nSPS) is 14.3. The molecular formula is C15H14BrClO. The van der Waals surface area contributed by atoms with Crippen molar-refractivity contribution in [2.75, 3.05) is 0 Å². The molecule has 0 saturated carbocycles. The van der Waals surface area contributed by atoms with Gasteiger partial charge in [-0.1, -0.05) is 63.4 Å². The molecule has 0 amide bonds. The van der Waals surface area contributed by atoms with Crippen LogP contribution in [0.2, 0.25) is 5.02 Å². The molecule has 1 nitrogen and oxygen atoms in total. The first-order valence-electron chi connectivity index (χ1n) is 5.66. The van der Waals surface area contributed by atoms with Crippen LogP contribution in [0.4, 0.5) is 0 Å². The average molecular weight is 326 g/mol. The predicted octanol–water partition coefficient (Wildman–Crippen LogP) is 4.67. The fourth-order valence-corrected chi connectivity index (χ4v) is 2.85. The van der Waals surface area contributed by atoms with Crippen LogP contribution >= 0.6 is 27.5 Å². The van der Waals surface area contributed by atoms with Gasteiger partial charge in [-0.2, -0.15) is 0 Å². The summed E-state index contributed by atoms with van der Waals surface area (Å²) >= 11 is 9.58. The van der Waals surface area contributed by atoms with Crippen molar-refractivity contribution in [2.45, 2.75) is 19.4 Å². The number of hydrogen-bond acceptors (Lipinski definition) is 1. The van der Waals surface area contributed by atoms with Crippen LogP contribution in [-0.2, 0) is 5.60 Å². The molecule has 0 aliphatic rings. The minimum Gasteiger partial charge on any atom is -0.381 e. The molecule has 0 aromatic heterocycles. The Labute approximate surface area is 121 Å². The summed E-state index contributed by atoms with van der Waals surface area (Å²) in [4.78, 5) is 0. The van der Waals surface area contributed by atoms with Gasteiger partial charge in [0.05, 0.1) is 0 Å². The third-order valence-electron chi connectivity index (χ3n) is 3.04. The highest BCUT2D eigenvalue weighted by atomic mass is 79.9. The van der Waals surface area contributed by atoms with Crippen molar-refractivity contribution >= 4 is 27.5 Å². The summed E-state index contributed by atoms with van der Waals surface area (Å²) in [6.07, 6.45) is 0. The number of aliphatic hydroxyl groups is 1. The molecule has 0 aliphatic carbocycles. The van der Waals surface area contributed by atoms with E-state index >= 15 is 0 Å². The lowest BCUT2D eigenvalue weighted by Gasteiger charge is -2.26. The molecule has 3 heteroatoms. The molecule has 0 aliphatic heterocycles. The van der Waals surface area contributed by atoms with E-state index in [0.717, 1.165) is 15.6 Å². The summed E-state index contributed by atoms with van der Waals surface area (Å²) in [7, 11) is 0. The van der Waals surface area contributed by atoms with E-state index in [9.17, 15) is 5.11 Å². The molecule has 0 spiro atoms. The maximum Gasteiger partial charge on any atom is 0.113 e. The Morgan fingerprint density at radius 2 is 1.89 bits per heavy atom. The first-order chi connectivity index (χ1) is 8.41. The van der Waals surface area contributed by atoms with Crippen LogP contribution in [0.15, 0.2) is 46.9 Å². The Morgan fingerprint density at radius 3 is 2.50 bits per heavy atom. The number of rotatable bonds is 2. The van der Waals surface area contributed by atoms with E-state index in [1.54, 1.807) is 13.0 Å². The third-order valence-corrected chi connectivity index (χ3v) is 3.84. The second-order valence-electron chi connectivity index (χ2n) is 4.57. The Kier molecular flexibility index (Phi) is 3.81. The molecule has 0 radical (unpaired) electrons. The van der Waals surface area contributed by atoms with Crippen molar-refractivity contribution in [3.8, 4) is 0 Å². The van der Waals surface area contributed by atoms with Crippen LogP contribution in [0.1, 0.15) is 23.6 Å². The predicted molar refractivity (Wildman–Crippen MR) is 79.0 cm³/mol. The van der Waals surface area contributed by atoms with Gasteiger partial charge in [-0.25, -0.2) is 0 Å². The highest BCUT2D eigenvalue weighted by molar-refractivity contribution is 9.10. The summed E-state index contributed by atoms with van der Waals surface area (Å²) < 4.78 is 0.899. The van der Waals surface area contributed by atoms with E-state index in [1.165, 1.54) is 0 Å². The van der Waals surface area contributed by atoms with E-state index < -0.39 is 5.60 Å². The molecule has 0 heterocycles. The van der Waals surface area contributed by atoms with Crippen LogP contribution in [0, 0.1) is 6.92 Å². The van der Waals surface area contributed by atoms with E-state index in [4.69, 9.17) is 11.6 Å². The largest absolute Gasteiger partial charge is 0.381 e. The smallest absolute Gasteiger partial charge is 0.113 e. The van der Waals surface area contributed by atoms with Gasteiger partial charge in [-0.05, 0) is 31.5 Å². The minimum absolute atomic E-state index is 0.552. The van der Waals surface area contributed by atoms with E-state index in [-0.39, 0.29) is 0 Å². The molecular weight excluding hydrogens is 312 g/mol. The second-order valence-corrected chi connectivity index (χ2v) is 5.89. The van der Waals surface area contributed by atoms with Crippen LogP contribution in [-0.4, -0.2) is 5.11 Å². The van der Waals surface area contributed by atoms with Crippen molar-refractivity contribution < 1.29 is 5.11 Å². The van der Waals surface area contributed by atoms with Gasteiger partial charge in [-0.3, -0.25) is 0 Å². The first kappa shape index (κ1) is 13.6. The summed E-state index contributed by atoms with van der Waals surface area (Å²) in [5, 5.41) is 11.3. The Balaban J connectivity index is 2.53. The lowest BCUT2D eigenvalue weighted by Crippen LogP contribution is -2.23. The zero-order valence-corrected chi connectivity index (χ0v) is 12.6. The van der Waals surface area contributed by atoms with Gasteiger partial charge in [-0.15, -0.1) is 0 Å². The SMILES string of the molecule is Cc1cccc(C(C)(O)c2ccc(Br)cc2Cl)c1. The van der Waals surface area contributed by atoms with Crippen molar-refractivity contribution in [1.82, 2.24) is 0 Å². The molecule has 0 bridgehead atoms. The number of benzene rings is 2. The average Bonchev–Trinajstić information content (AvgIpc) is 2.28. The van der Waals surface area contributed by atoms with Crippen molar-refractivity contribution in [1.29, 1.82) is 0 Å². The van der Waals surface area contributed by atoms with E-state index in [2.05, 4.69) is 15.9 Å². The maximum atomic E-state index is 10.8. The maximum absolute atomic E-state index is 10.8. The van der Waals surface area contributed by atoms with Gasteiger partial charge in [0.2, 0.25) is 0 Å². The summed E-state index contributed by atoms with van der Waals surface area (Å²) in [5.41, 5.74) is 1.56. The molecule has 94 valence electrons. The molecule has 1 N–H and O–H groups in total. The molecule has 0 fully saturated rings. The number of hydrogen-bond donors (Lipinski definition) is 1. The lowest BCUT2D eigenvalue weighted by atomic mass is 9.87. The Hall–Kier alpha value is -0.830. The highest BCUT2D eigenvalue weighted by Gasteiger charge is 2.27. The van der Waals surface area contributed by atoms with Gasteiger partial charge in [0.15, 0.2) is 0 Å². The van der Waals surface area contributed by atoms with E-state index in [0.29, 0.717) is 10.6 Å². The minimum atomic E-state index is -1.09. The van der Waals surface area contributed by atoms with Gasteiger partial charge in [0.25, 0.3) is 0 Å². The van der Waals surface area contributed by atoms with Crippen molar-refractivity contribution in [3.63, 3.8) is 0 Å². The van der Waals surface area contributed by atoms with Gasteiger partial charge in [0.1, 0.15) is 5.60 Å². The number of aryl methyl sites for hydroxylation is 1. The number of halogens is 2. The molecule has 2 rings (SSSR count). The van der Waals surface area contributed by atoms with E-state index in [1.807, 2.05) is 43.3 Å². The summed E-state index contributed by atoms with van der Waals surface area (Å²) in [6.45, 7) is 3.76. The monoisotopic (exact) mass is 324 g/mol. The zero-order valence-electron chi connectivity index (χ0n) is 10.2. The molecule has 1 atom stereocenters. The van der Waals surface area contributed by atoms with Crippen molar-refractivity contribution in [3.05, 3.63) is 68.7 Å². The molecule has 18 heavy (non-hydrogen) atoms. The topological polar surface area (TPSA) is 20.2 Å². The van der Waals surface area contributed by atoms with Crippen LogP contribution in [0.25, 0.3) is 0 Å².